The summed E-state index contributed by atoms with van der Waals surface area (Å²) in [7, 11) is 0. The Balaban J connectivity index is 1.80. The fourth-order valence-electron chi connectivity index (χ4n) is 3.30. The molecule has 0 bridgehead atoms. The molecule has 3 aromatic carbocycles. The Morgan fingerprint density at radius 2 is 1.21 bits per heavy atom. The minimum Gasteiger partial charge on any atom is -0.0836 e. The molecule has 1 aliphatic carbocycles. The van der Waals surface area contributed by atoms with E-state index in [2.05, 4.69) is 97.1 Å². The van der Waals surface area contributed by atoms with Crippen LogP contribution in [-0.4, -0.2) is 0 Å². The summed E-state index contributed by atoms with van der Waals surface area (Å²) in [6.45, 7) is 0. The molecule has 0 aliphatic heterocycles. The van der Waals surface area contributed by atoms with Gasteiger partial charge in [0.1, 0.15) is 0 Å². The molecule has 0 atom stereocenters. The molecule has 0 saturated carbocycles. The molecule has 24 heavy (non-hydrogen) atoms. The third kappa shape index (κ3) is 2.96. The first-order chi connectivity index (χ1) is 11.9. The highest BCUT2D eigenvalue weighted by molar-refractivity contribution is 5.85. The number of rotatable bonds is 3. The molecule has 0 fully saturated rings. The quantitative estimate of drug-likeness (QED) is 0.502. The molecule has 4 rings (SSSR count). The summed E-state index contributed by atoms with van der Waals surface area (Å²) in [5, 5.41) is 0. The molecule has 3 aromatic rings. The first kappa shape index (κ1) is 14.7. The summed E-state index contributed by atoms with van der Waals surface area (Å²) in [6.07, 6.45) is 9.13. The summed E-state index contributed by atoms with van der Waals surface area (Å²) < 4.78 is 0. The average molecular weight is 308 g/mol. The highest BCUT2D eigenvalue weighted by Crippen LogP contribution is 2.33. The highest BCUT2D eigenvalue weighted by atomic mass is 14.1. The molecule has 0 heteroatoms. The van der Waals surface area contributed by atoms with Gasteiger partial charge in [0.25, 0.3) is 0 Å². The van der Waals surface area contributed by atoms with Gasteiger partial charge in [-0.2, -0.15) is 0 Å². The molecule has 0 radical (unpaired) electrons. The van der Waals surface area contributed by atoms with E-state index in [0.29, 0.717) is 0 Å². The van der Waals surface area contributed by atoms with E-state index >= 15 is 0 Å². The van der Waals surface area contributed by atoms with Gasteiger partial charge < -0.3 is 0 Å². The van der Waals surface area contributed by atoms with Gasteiger partial charge in [0, 0.05) is 0 Å². The van der Waals surface area contributed by atoms with Crippen molar-refractivity contribution in [2.45, 2.75) is 12.8 Å². The van der Waals surface area contributed by atoms with Crippen LogP contribution in [-0.2, 0) is 0 Å². The standard InChI is InChI=1S/C24H20/c1-3-10-19(11-4-1)21-14-9-15-22(18-21)24-17-8-7-16-23(24)20-12-5-2-6-13-20/h2-3,5-18H,1,4H2. The lowest BCUT2D eigenvalue weighted by molar-refractivity contribution is 1.04. The van der Waals surface area contributed by atoms with Crippen LogP contribution < -0.4 is 0 Å². The largest absolute Gasteiger partial charge is 0.0836 e. The Morgan fingerprint density at radius 1 is 0.542 bits per heavy atom. The second kappa shape index (κ2) is 6.72. The first-order valence-corrected chi connectivity index (χ1v) is 8.54. The molecular weight excluding hydrogens is 288 g/mol. The second-order valence-corrected chi connectivity index (χ2v) is 6.13. The van der Waals surface area contributed by atoms with E-state index in [-0.39, 0.29) is 0 Å². The van der Waals surface area contributed by atoms with Gasteiger partial charge in [-0.25, -0.2) is 0 Å². The first-order valence-electron chi connectivity index (χ1n) is 8.54. The normalized spacial score (nSPS) is 13.6. The van der Waals surface area contributed by atoms with Crippen LogP contribution in [0.15, 0.2) is 97.1 Å². The molecule has 0 amide bonds. The van der Waals surface area contributed by atoms with Crippen molar-refractivity contribution >= 4 is 5.57 Å². The predicted octanol–water partition coefficient (Wildman–Crippen LogP) is 6.75. The van der Waals surface area contributed by atoms with Crippen molar-refractivity contribution < 1.29 is 0 Å². The highest BCUT2D eigenvalue weighted by Gasteiger charge is 2.08. The van der Waals surface area contributed by atoms with Crippen LogP contribution in [0.2, 0.25) is 0 Å². The SMILES string of the molecule is C1=CC(c2cccc(-c3ccccc3-c3ccccc3)c2)=CCC1. The Kier molecular flexibility index (Phi) is 4.12. The van der Waals surface area contributed by atoms with Gasteiger partial charge >= 0.3 is 0 Å². The van der Waals surface area contributed by atoms with Crippen molar-refractivity contribution in [2.75, 3.05) is 0 Å². The van der Waals surface area contributed by atoms with E-state index < -0.39 is 0 Å². The second-order valence-electron chi connectivity index (χ2n) is 6.13. The van der Waals surface area contributed by atoms with Crippen molar-refractivity contribution in [3.63, 3.8) is 0 Å². The van der Waals surface area contributed by atoms with E-state index in [1.54, 1.807) is 0 Å². The number of hydrogen-bond acceptors (Lipinski definition) is 0. The van der Waals surface area contributed by atoms with Crippen molar-refractivity contribution in [1.82, 2.24) is 0 Å². The number of benzene rings is 3. The van der Waals surface area contributed by atoms with Crippen molar-refractivity contribution in [3.8, 4) is 22.3 Å². The maximum absolute atomic E-state index is 2.34. The smallest absolute Gasteiger partial charge is 0.0105 e. The van der Waals surface area contributed by atoms with Gasteiger partial charge in [-0.15, -0.1) is 0 Å². The summed E-state index contributed by atoms with van der Waals surface area (Å²) in [4.78, 5) is 0. The minimum absolute atomic E-state index is 1.14. The molecule has 0 aromatic heterocycles. The van der Waals surface area contributed by atoms with E-state index in [1.165, 1.54) is 33.4 Å². The monoisotopic (exact) mass is 308 g/mol. The van der Waals surface area contributed by atoms with E-state index in [9.17, 15) is 0 Å². The summed E-state index contributed by atoms with van der Waals surface area (Å²) in [5.41, 5.74) is 7.73. The average Bonchev–Trinajstić information content (AvgIpc) is 2.69. The van der Waals surface area contributed by atoms with Gasteiger partial charge in [0.15, 0.2) is 0 Å². The zero-order valence-electron chi connectivity index (χ0n) is 13.7. The van der Waals surface area contributed by atoms with Gasteiger partial charge in [-0.1, -0.05) is 91.0 Å². The third-order valence-corrected chi connectivity index (χ3v) is 4.51. The zero-order chi connectivity index (χ0) is 16.2. The van der Waals surface area contributed by atoms with Crippen LogP contribution in [0.4, 0.5) is 0 Å². The summed E-state index contributed by atoms with van der Waals surface area (Å²) in [6, 6.07) is 28.1. The molecule has 0 spiro atoms. The van der Waals surface area contributed by atoms with E-state index in [0.717, 1.165) is 12.8 Å². The van der Waals surface area contributed by atoms with E-state index in [4.69, 9.17) is 0 Å². The van der Waals surface area contributed by atoms with Crippen LogP contribution in [0.3, 0.4) is 0 Å². The maximum Gasteiger partial charge on any atom is -0.0105 e. The van der Waals surface area contributed by atoms with Crippen LogP contribution in [0.25, 0.3) is 27.8 Å². The van der Waals surface area contributed by atoms with Crippen molar-refractivity contribution in [2.24, 2.45) is 0 Å². The lowest BCUT2D eigenvalue weighted by Crippen LogP contribution is -1.89. The molecule has 0 unspecified atom stereocenters. The fraction of sp³-hybridized carbons (Fsp3) is 0.0833. The van der Waals surface area contributed by atoms with Gasteiger partial charge in [0.2, 0.25) is 0 Å². The predicted molar refractivity (Wildman–Crippen MR) is 104 cm³/mol. The molecular formula is C24H20. The molecule has 1 aliphatic rings. The lowest BCUT2D eigenvalue weighted by atomic mass is 9.92. The third-order valence-electron chi connectivity index (χ3n) is 4.51. The van der Waals surface area contributed by atoms with E-state index in [1.807, 2.05) is 0 Å². The molecule has 0 nitrogen and oxygen atoms in total. The Morgan fingerprint density at radius 3 is 1.96 bits per heavy atom. The minimum atomic E-state index is 1.14. The number of hydrogen-bond donors (Lipinski definition) is 0. The van der Waals surface area contributed by atoms with Crippen molar-refractivity contribution in [3.05, 3.63) is 103 Å². The molecule has 0 heterocycles. The molecule has 116 valence electrons. The zero-order valence-corrected chi connectivity index (χ0v) is 13.7. The van der Waals surface area contributed by atoms with Crippen LogP contribution in [0.5, 0.6) is 0 Å². The summed E-state index contributed by atoms with van der Waals surface area (Å²) in [5.74, 6) is 0. The Bertz CT molecular complexity index is 898. The number of allylic oxidation sites excluding steroid dienone is 4. The topological polar surface area (TPSA) is 0 Å². The fourth-order valence-corrected chi connectivity index (χ4v) is 3.30. The maximum atomic E-state index is 2.34. The van der Waals surface area contributed by atoms with Crippen LogP contribution in [0.1, 0.15) is 18.4 Å². The molecule has 0 N–H and O–H groups in total. The molecule has 0 saturated heterocycles. The Hall–Kier alpha value is -2.86. The van der Waals surface area contributed by atoms with Crippen LogP contribution in [0, 0.1) is 0 Å². The lowest BCUT2D eigenvalue weighted by Gasteiger charge is -2.13. The van der Waals surface area contributed by atoms with Gasteiger partial charge in [0.05, 0.1) is 0 Å². The Labute approximate surface area is 143 Å². The van der Waals surface area contributed by atoms with Crippen molar-refractivity contribution in [1.29, 1.82) is 0 Å². The van der Waals surface area contributed by atoms with Gasteiger partial charge in [-0.05, 0) is 52.3 Å². The summed E-state index contributed by atoms with van der Waals surface area (Å²) >= 11 is 0. The van der Waals surface area contributed by atoms with Crippen LogP contribution >= 0.6 is 0 Å². The van der Waals surface area contributed by atoms with Gasteiger partial charge in [-0.3, -0.25) is 0 Å².